The minimum absolute atomic E-state index is 0.260. The van der Waals surface area contributed by atoms with Crippen LogP contribution in [-0.4, -0.2) is 8.83 Å². The van der Waals surface area contributed by atoms with Crippen LogP contribution in [0.1, 0.15) is 20.8 Å². The summed E-state index contributed by atoms with van der Waals surface area (Å²) in [4.78, 5) is 0. The molecular weight excluding hydrogens is 160 g/mol. The Labute approximate surface area is 69.5 Å². The largest absolute Gasteiger partial charge is 0.175 e. The smallest absolute Gasteiger partial charge is 0.138 e. The zero-order valence-electron chi connectivity index (χ0n) is 6.74. The number of hydrogen-bond donors (Lipinski definition) is 0. The third-order valence-corrected chi connectivity index (χ3v) is 4.71. The second-order valence-electron chi connectivity index (χ2n) is 3.29. The van der Waals surface area contributed by atoms with Gasteiger partial charge in [-0.15, -0.1) is 0 Å². The minimum atomic E-state index is -0.450. The van der Waals surface area contributed by atoms with E-state index in [9.17, 15) is 0 Å². The van der Waals surface area contributed by atoms with Crippen LogP contribution in [0.4, 0.5) is 0 Å². The maximum atomic E-state index is 5.93. The van der Waals surface area contributed by atoms with E-state index in [1.54, 1.807) is 0 Å². The van der Waals surface area contributed by atoms with Crippen molar-refractivity contribution in [1.82, 2.24) is 0 Å². The summed E-state index contributed by atoms with van der Waals surface area (Å²) in [5.41, 5.74) is 2.80. The SMILES string of the molecule is CC1=CC(C)([SiH2]Cl)C=C1C. The van der Waals surface area contributed by atoms with E-state index in [-0.39, 0.29) is 5.04 Å². The molecule has 1 aliphatic carbocycles. The molecular formula is C8H13ClSi. The Kier molecular flexibility index (Phi) is 2.06. The van der Waals surface area contributed by atoms with Crippen LogP contribution in [0.3, 0.4) is 0 Å². The molecule has 0 heterocycles. The molecule has 0 spiro atoms. The molecule has 1 rings (SSSR count). The Morgan fingerprint density at radius 1 is 1.30 bits per heavy atom. The second-order valence-corrected chi connectivity index (χ2v) is 5.89. The first-order valence-corrected chi connectivity index (χ1v) is 6.37. The van der Waals surface area contributed by atoms with Crippen LogP contribution in [0.25, 0.3) is 0 Å². The number of halogens is 1. The van der Waals surface area contributed by atoms with E-state index >= 15 is 0 Å². The fourth-order valence-corrected chi connectivity index (χ4v) is 2.57. The van der Waals surface area contributed by atoms with Crippen molar-refractivity contribution in [2.45, 2.75) is 25.8 Å². The van der Waals surface area contributed by atoms with E-state index in [4.69, 9.17) is 11.1 Å². The minimum Gasteiger partial charge on any atom is -0.175 e. The zero-order chi connectivity index (χ0) is 7.78. The Bertz CT molecular complexity index is 185. The van der Waals surface area contributed by atoms with E-state index in [1.165, 1.54) is 11.1 Å². The Hall–Kier alpha value is -0.0131. The van der Waals surface area contributed by atoms with Gasteiger partial charge in [-0.2, -0.15) is 11.1 Å². The molecule has 56 valence electrons. The molecule has 0 nitrogen and oxygen atoms in total. The molecule has 0 aromatic carbocycles. The van der Waals surface area contributed by atoms with Gasteiger partial charge >= 0.3 is 0 Å². The molecule has 0 atom stereocenters. The van der Waals surface area contributed by atoms with Gasteiger partial charge in [0.2, 0.25) is 0 Å². The molecule has 1 aliphatic rings. The molecule has 10 heavy (non-hydrogen) atoms. The first-order chi connectivity index (χ1) is 4.57. The average molecular weight is 173 g/mol. The topological polar surface area (TPSA) is 0 Å². The molecule has 0 amide bonds. The molecule has 2 heteroatoms. The van der Waals surface area contributed by atoms with Crippen molar-refractivity contribution in [3.8, 4) is 0 Å². The summed E-state index contributed by atoms with van der Waals surface area (Å²) in [7, 11) is -0.450. The van der Waals surface area contributed by atoms with Gasteiger partial charge in [-0.05, 0) is 13.8 Å². The normalized spacial score (nSPS) is 23.6. The fraction of sp³-hybridized carbons (Fsp3) is 0.500. The highest BCUT2D eigenvalue weighted by Crippen LogP contribution is 2.39. The monoisotopic (exact) mass is 172 g/mol. The standard InChI is InChI=1S/C8H13ClSi/c1-6-4-8(3,10-9)5-7(6)2/h4-5H,10H2,1-3H3. The first kappa shape index (κ1) is 8.09. The molecule has 0 aliphatic heterocycles. The van der Waals surface area contributed by atoms with Gasteiger partial charge in [0.25, 0.3) is 0 Å². The summed E-state index contributed by atoms with van der Waals surface area (Å²) < 4.78 is 0. The van der Waals surface area contributed by atoms with Gasteiger partial charge in [-0.25, -0.2) is 0 Å². The van der Waals surface area contributed by atoms with Crippen molar-refractivity contribution in [1.29, 1.82) is 0 Å². The van der Waals surface area contributed by atoms with Gasteiger partial charge in [-0.3, -0.25) is 0 Å². The van der Waals surface area contributed by atoms with Gasteiger partial charge in [0, 0.05) is 5.04 Å². The van der Waals surface area contributed by atoms with E-state index in [0.717, 1.165) is 0 Å². The van der Waals surface area contributed by atoms with E-state index in [0.29, 0.717) is 0 Å². The lowest BCUT2D eigenvalue weighted by molar-refractivity contribution is 0.976. The number of rotatable bonds is 1. The summed E-state index contributed by atoms with van der Waals surface area (Å²) in [5, 5.41) is 0.260. The molecule has 0 fully saturated rings. The quantitative estimate of drug-likeness (QED) is 0.421. The van der Waals surface area contributed by atoms with Gasteiger partial charge in [0.05, 0.1) is 0 Å². The van der Waals surface area contributed by atoms with Crippen LogP contribution in [0.15, 0.2) is 23.3 Å². The van der Waals surface area contributed by atoms with Gasteiger partial charge in [0.1, 0.15) is 8.83 Å². The second kappa shape index (κ2) is 2.55. The van der Waals surface area contributed by atoms with Crippen LogP contribution < -0.4 is 0 Å². The van der Waals surface area contributed by atoms with E-state index < -0.39 is 8.83 Å². The van der Waals surface area contributed by atoms with Crippen molar-refractivity contribution >= 4 is 19.9 Å². The molecule has 0 unspecified atom stereocenters. The van der Waals surface area contributed by atoms with Crippen molar-refractivity contribution in [3.63, 3.8) is 0 Å². The zero-order valence-corrected chi connectivity index (χ0v) is 8.91. The molecule has 0 N–H and O–H groups in total. The van der Waals surface area contributed by atoms with Gasteiger partial charge in [-0.1, -0.05) is 30.2 Å². The maximum absolute atomic E-state index is 5.93. The Balaban J connectivity index is 2.91. The lowest BCUT2D eigenvalue weighted by Gasteiger charge is -2.12. The lowest BCUT2D eigenvalue weighted by atomic mass is 10.2. The molecule has 0 saturated carbocycles. The van der Waals surface area contributed by atoms with Crippen molar-refractivity contribution < 1.29 is 0 Å². The molecule has 0 aromatic heterocycles. The van der Waals surface area contributed by atoms with Crippen LogP contribution in [0.5, 0.6) is 0 Å². The molecule has 0 saturated heterocycles. The van der Waals surface area contributed by atoms with Crippen molar-refractivity contribution in [2.75, 3.05) is 0 Å². The molecule has 0 aromatic rings. The third-order valence-electron chi connectivity index (χ3n) is 2.00. The summed E-state index contributed by atoms with van der Waals surface area (Å²) in [6.07, 6.45) is 4.59. The van der Waals surface area contributed by atoms with Crippen molar-refractivity contribution in [3.05, 3.63) is 23.3 Å². The average Bonchev–Trinajstić information content (AvgIpc) is 2.10. The Morgan fingerprint density at radius 2 is 1.70 bits per heavy atom. The molecule has 0 radical (unpaired) electrons. The lowest BCUT2D eigenvalue weighted by Crippen LogP contribution is -2.03. The molecule has 0 bridgehead atoms. The van der Waals surface area contributed by atoms with Crippen LogP contribution >= 0.6 is 11.1 Å². The fourth-order valence-electron chi connectivity index (χ4n) is 1.34. The highest BCUT2D eigenvalue weighted by Gasteiger charge is 2.23. The predicted molar refractivity (Wildman–Crippen MR) is 50.3 cm³/mol. The van der Waals surface area contributed by atoms with Crippen LogP contribution in [-0.2, 0) is 0 Å². The van der Waals surface area contributed by atoms with Gasteiger partial charge in [0.15, 0.2) is 0 Å². The van der Waals surface area contributed by atoms with E-state index in [1.807, 2.05) is 0 Å². The third kappa shape index (κ3) is 1.35. The predicted octanol–water partition coefficient (Wildman–Crippen LogP) is 2.39. The maximum Gasteiger partial charge on any atom is 0.138 e. The summed E-state index contributed by atoms with van der Waals surface area (Å²) in [6.45, 7) is 6.52. The number of allylic oxidation sites excluding steroid dienone is 4. The van der Waals surface area contributed by atoms with Gasteiger partial charge < -0.3 is 0 Å². The highest BCUT2D eigenvalue weighted by molar-refractivity contribution is 6.96. The van der Waals surface area contributed by atoms with E-state index in [2.05, 4.69) is 32.9 Å². The summed E-state index contributed by atoms with van der Waals surface area (Å²) in [6, 6.07) is 0. The first-order valence-electron chi connectivity index (χ1n) is 3.53. The number of hydrogen-bond acceptors (Lipinski definition) is 0. The van der Waals surface area contributed by atoms with Crippen LogP contribution in [0.2, 0.25) is 5.04 Å². The van der Waals surface area contributed by atoms with Crippen molar-refractivity contribution in [2.24, 2.45) is 0 Å². The summed E-state index contributed by atoms with van der Waals surface area (Å²) >= 11 is 5.93. The Morgan fingerprint density at radius 3 is 1.90 bits per heavy atom. The highest BCUT2D eigenvalue weighted by atomic mass is 35.6. The van der Waals surface area contributed by atoms with Crippen LogP contribution in [0, 0.1) is 0 Å². The summed E-state index contributed by atoms with van der Waals surface area (Å²) in [5.74, 6) is 0.